The van der Waals surface area contributed by atoms with Gasteiger partial charge in [0.15, 0.2) is 5.78 Å². The van der Waals surface area contributed by atoms with Gasteiger partial charge in [0, 0.05) is 41.5 Å². The van der Waals surface area contributed by atoms with E-state index in [-0.39, 0.29) is 30.3 Å². The number of halogens is 1. The van der Waals surface area contributed by atoms with E-state index in [1.54, 1.807) is 6.20 Å². The standard InChI is InChI=1S/C22H23BrN2O3/c1-4-24-19(27)10-15-9-18(26)21(22(15)28)20-12(2)7-14(8-13(20)3)17-6-5-16(23)11-25-17/h5-8,11,15,21H,4,9-10H2,1-3H3,(H,24,27). The van der Waals surface area contributed by atoms with Crippen LogP contribution in [-0.4, -0.2) is 29.0 Å². The molecule has 2 unspecified atom stereocenters. The van der Waals surface area contributed by atoms with E-state index in [0.717, 1.165) is 32.4 Å². The third-order valence-electron chi connectivity index (χ3n) is 5.17. The molecule has 0 spiro atoms. The van der Waals surface area contributed by atoms with Gasteiger partial charge in [0.05, 0.1) is 5.69 Å². The van der Waals surface area contributed by atoms with Crippen LogP contribution in [0.5, 0.6) is 0 Å². The molecule has 5 nitrogen and oxygen atoms in total. The molecule has 28 heavy (non-hydrogen) atoms. The molecule has 1 amide bonds. The molecule has 2 atom stereocenters. The summed E-state index contributed by atoms with van der Waals surface area (Å²) < 4.78 is 0.904. The molecule has 1 aromatic carbocycles. The minimum absolute atomic E-state index is 0.0773. The molecule has 1 fully saturated rings. The zero-order valence-electron chi connectivity index (χ0n) is 16.2. The molecular formula is C22H23BrN2O3. The average Bonchev–Trinajstić information content (AvgIpc) is 2.89. The van der Waals surface area contributed by atoms with Crippen LogP contribution in [0.4, 0.5) is 0 Å². The number of pyridine rings is 1. The van der Waals surface area contributed by atoms with Crippen LogP contribution in [0.1, 0.15) is 42.4 Å². The van der Waals surface area contributed by atoms with Crippen molar-refractivity contribution in [3.8, 4) is 11.3 Å². The number of amides is 1. The first-order valence-electron chi connectivity index (χ1n) is 9.38. The van der Waals surface area contributed by atoms with Crippen molar-refractivity contribution in [2.45, 2.75) is 39.5 Å². The first-order chi connectivity index (χ1) is 13.3. The molecular weight excluding hydrogens is 420 g/mol. The van der Waals surface area contributed by atoms with Gasteiger partial charge < -0.3 is 5.32 Å². The van der Waals surface area contributed by atoms with Gasteiger partial charge >= 0.3 is 0 Å². The zero-order chi connectivity index (χ0) is 20.4. The quantitative estimate of drug-likeness (QED) is 0.712. The summed E-state index contributed by atoms with van der Waals surface area (Å²) in [4.78, 5) is 41.9. The van der Waals surface area contributed by atoms with Gasteiger partial charge in [-0.3, -0.25) is 19.4 Å². The SMILES string of the molecule is CCNC(=O)CC1CC(=O)C(c2c(C)cc(-c3ccc(Br)cn3)cc2C)C1=O. The summed E-state index contributed by atoms with van der Waals surface area (Å²) in [7, 11) is 0. The predicted molar refractivity (Wildman–Crippen MR) is 111 cm³/mol. The minimum atomic E-state index is -0.772. The van der Waals surface area contributed by atoms with E-state index in [0.29, 0.717) is 6.54 Å². The summed E-state index contributed by atoms with van der Waals surface area (Å²) in [6, 6.07) is 7.79. The molecule has 6 heteroatoms. The van der Waals surface area contributed by atoms with E-state index in [1.807, 2.05) is 45.0 Å². The van der Waals surface area contributed by atoms with Gasteiger partial charge in [0.1, 0.15) is 11.7 Å². The summed E-state index contributed by atoms with van der Waals surface area (Å²) in [5.74, 6) is -1.72. The Morgan fingerprint density at radius 2 is 1.89 bits per heavy atom. The number of nitrogens with zero attached hydrogens (tertiary/aromatic N) is 1. The van der Waals surface area contributed by atoms with Crippen molar-refractivity contribution in [3.05, 3.63) is 51.6 Å². The molecule has 146 valence electrons. The maximum Gasteiger partial charge on any atom is 0.220 e. The molecule has 2 aromatic rings. The lowest BCUT2D eigenvalue weighted by atomic mass is 9.85. The number of hydrogen-bond acceptors (Lipinski definition) is 4. The van der Waals surface area contributed by atoms with Crippen LogP contribution in [0.15, 0.2) is 34.9 Å². The van der Waals surface area contributed by atoms with Crippen molar-refractivity contribution >= 4 is 33.4 Å². The molecule has 1 heterocycles. The van der Waals surface area contributed by atoms with Crippen LogP contribution >= 0.6 is 15.9 Å². The predicted octanol–water partition coefficient (Wildman–Crippen LogP) is 3.90. The lowest BCUT2D eigenvalue weighted by molar-refractivity contribution is -0.128. The van der Waals surface area contributed by atoms with Gasteiger partial charge in [0.2, 0.25) is 5.91 Å². The van der Waals surface area contributed by atoms with Crippen LogP contribution in [0.25, 0.3) is 11.3 Å². The third kappa shape index (κ3) is 4.07. The number of ketones is 2. The van der Waals surface area contributed by atoms with E-state index in [1.165, 1.54) is 0 Å². The fourth-order valence-corrected chi connectivity index (χ4v) is 4.18. The van der Waals surface area contributed by atoms with Crippen LogP contribution in [0.2, 0.25) is 0 Å². The fourth-order valence-electron chi connectivity index (χ4n) is 3.95. The molecule has 0 bridgehead atoms. The van der Waals surface area contributed by atoms with Crippen molar-refractivity contribution in [1.82, 2.24) is 10.3 Å². The number of rotatable bonds is 5. The topological polar surface area (TPSA) is 76.1 Å². The largest absolute Gasteiger partial charge is 0.356 e. The molecule has 1 saturated carbocycles. The Morgan fingerprint density at radius 3 is 2.46 bits per heavy atom. The Hall–Kier alpha value is -2.34. The Kier molecular flexibility index (Phi) is 6.08. The van der Waals surface area contributed by atoms with E-state index >= 15 is 0 Å². The summed E-state index contributed by atoms with van der Waals surface area (Å²) >= 11 is 3.38. The summed E-state index contributed by atoms with van der Waals surface area (Å²) in [6.45, 7) is 6.18. The van der Waals surface area contributed by atoms with Gasteiger partial charge in [-0.2, -0.15) is 0 Å². The summed E-state index contributed by atoms with van der Waals surface area (Å²) in [6.07, 6.45) is 1.95. The van der Waals surface area contributed by atoms with E-state index < -0.39 is 11.8 Å². The monoisotopic (exact) mass is 442 g/mol. The van der Waals surface area contributed by atoms with Crippen molar-refractivity contribution in [2.75, 3.05) is 6.54 Å². The van der Waals surface area contributed by atoms with Gasteiger partial charge in [-0.1, -0.05) is 0 Å². The molecule has 1 aliphatic carbocycles. The van der Waals surface area contributed by atoms with Crippen LogP contribution in [-0.2, 0) is 14.4 Å². The lowest BCUT2D eigenvalue weighted by Crippen LogP contribution is -2.27. The average molecular weight is 443 g/mol. The molecule has 1 N–H and O–H groups in total. The van der Waals surface area contributed by atoms with Crippen LogP contribution in [0, 0.1) is 19.8 Å². The van der Waals surface area contributed by atoms with Crippen molar-refractivity contribution in [1.29, 1.82) is 0 Å². The molecule has 0 aliphatic heterocycles. The highest BCUT2D eigenvalue weighted by Gasteiger charge is 2.43. The van der Waals surface area contributed by atoms with Gasteiger partial charge in [0.25, 0.3) is 0 Å². The number of aryl methyl sites for hydroxylation is 2. The molecule has 3 rings (SSSR count). The van der Waals surface area contributed by atoms with E-state index in [9.17, 15) is 14.4 Å². The van der Waals surface area contributed by atoms with E-state index in [2.05, 4.69) is 26.2 Å². The van der Waals surface area contributed by atoms with Crippen molar-refractivity contribution in [2.24, 2.45) is 5.92 Å². The second kappa shape index (κ2) is 8.35. The highest BCUT2D eigenvalue weighted by atomic mass is 79.9. The Morgan fingerprint density at radius 1 is 1.21 bits per heavy atom. The third-order valence-corrected chi connectivity index (χ3v) is 5.64. The lowest BCUT2D eigenvalue weighted by Gasteiger charge is -2.17. The van der Waals surface area contributed by atoms with Crippen molar-refractivity contribution in [3.63, 3.8) is 0 Å². The maximum absolute atomic E-state index is 12.9. The fraction of sp³-hybridized carbons (Fsp3) is 0.364. The number of carbonyl (C=O) groups excluding carboxylic acids is 3. The summed E-state index contributed by atoms with van der Waals surface area (Å²) in [5, 5.41) is 2.70. The first-order valence-corrected chi connectivity index (χ1v) is 10.2. The van der Waals surface area contributed by atoms with Gasteiger partial charge in [-0.15, -0.1) is 0 Å². The smallest absolute Gasteiger partial charge is 0.220 e. The molecule has 0 radical (unpaired) electrons. The Bertz CT molecular complexity index is 914. The Balaban J connectivity index is 1.91. The summed E-state index contributed by atoms with van der Waals surface area (Å²) in [5.41, 5.74) is 4.34. The van der Waals surface area contributed by atoms with Crippen LogP contribution < -0.4 is 5.32 Å². The molecule has 1 aliphatic rings. The highest BCUT2D eigenvalue weighted by Crippen LogP contribution is 2.38. The Labute approximate surface area is 173 Å². The van der Waals surface area contributed by atoms with E-state index in [4.69, 9.17) is 0 Å². The van der Waals surface area contributed by atoms with Crippen molar-refractivity contribution < 1.29 is 14.4 Å². The molecule has 0 saturated heterocycles. The number of nitrogens with one attached hydrogen (secondary N) is 1. The highest BCUT2D eigenvalue weighted by molar-refractivity contribution is 9.10. The maximum atomic E-state index is 12.9. The number of carbonyl (C=O) groups is 3. The second-order valence-electron chi connectivity index (χ2n) is 7.25. The zero-order valence-corrected chi connectivity index (χ0v) is 17.8. The van der Waals surface area contributed by atoms with Gasteiger partial charge in [-0.05, 0) is 77.7 Å². The first kappa shape index (κ1) is 20.4. The number of aromatic nitrogens is 1. The normalized spacial score (nSPS) is 19.1. The number of benzene rings is 1. The number of Topliss-reactive ketones (excluding diaryl/α,β-unsaturated/α-hetero) is 2. The van der Waals surface area contributed by atoms with Gasteiger partial charge in [-0.25, -0.2) is 0 Å². The minimum Gasteiger partial charge on any atom is -0.356 e. The molecule has 1 aromatic heterocycles. The van der Waals surface area contributed by atoms with Crippen LogP contribution in [0.3, 0.4) is 0 Å². The second-order valence-corrected chi connectivity index (χ2v) is 8.16. The number of hydrogen-bond donors (Lipinski definition) is 1.